The monoisotopic (exact) mass is 319 g/mol. The van der Waals surface area contributed by atoms with Gasteiger partial charge in [-0.2, -0.15) is 4.91 Å². The Morgan fingerprint density at radius 1 is 0.708 bits per heavy atom. The Morgan fingerprint density at radius 3 is 1.83 bits per heavy atom. The highest BCUT2D eigenvalue weighted by Crippen LogP contribution is 2.16. The molecular weight excluding hydrogens is 298 g/mol. The molecule has 1 aromatic carbocycles. The maximum atomic E-state index is 10.2. The fourth-order valence-electron chi connectivity index (χ4n) is 2.68. The maximum Gasteiger partial charge on any atom is 0.169 e. The summed E-state index contributed by atoms with van der Waals surface area (Å²) in [5.74, 6) is 0. The van der Waals surface area contributed by atoms with Gasteiger partial charge >= 0.3 is 0 Å². The van der Waals surface area contributed by atoms with Crippen molar-refractivity contribution >= 4 is 0 Å². The van der Waals surface area contributed by atoms with E-state index in [0.29, 0.717) is 0 Å². The molecule has 0 atom stereocenters. The molecule has 0 aliphatic heterocycles. The molecule has 0 unspecified atom stereocenters. The van der Waals surface area contributed by atoms with E-state index in [0.717, 1.165) is 25.1 Å². The van der Waals surface area contributed by atoms with Crippen molar-refractivity contribution in [2.75, 3.05) is 0 Å². The molecule has 0 saturated heterocycles. The molecule has 4 heteroatoms. The zero-order chi connectivity index (χ0) is 16.6. The van der Waals surface area contributed by atoms with Crippen molar-refractivity contribution in [3.8, 4) is 11.1 Å². The molecule has 3 aromatic rings. The number of aromatic nitrogens is 2. The lowest BCUT2D eigenvalue weighted by molar-refractivity contribution is -0.726. The summed E-state index contributed by atoms with van der Waals surface area (Å²) in [6, 6.07) is 18.6. The van der Waals surface area contributed by atoms with E-state index < -0.39 is 0 Å². The second-order valence-electron chi connectivity index (χ2n) is 5.78. The van der Waals surface area contributed by atoms with Gasteiger partial charge in [0.05, 0.1) is 6.42 Å². The van der Waals surface area contributed by atoms with Gasteiger partial charge in [-0.05, 0) is 16.7 Å². The van der Waals surface area contributed by atoms with Crippen LogP contribution in [-0.4, -0.2) is 0 Å². The van der Waals surface area contributed by atoms with Crippen molar-refractivity contribution < 1.29 is 9.13 Å². The minimum atomic E-state index is 0.241. The fraction of sp³-hybridized carbons (Fsp3) is 0.200. The highest BCUT2D eigenvalue weighted by atomic mass is 16.3. The van der Waals surface area contributed by atoms with Crippen molar-refractivity contribution in [1.82, 2.24) is 0 Å². The summed E-state index contributed by atoms with van der Waals surface area (Å²) in [6.07, 6.45) is 9.32. The molecule has 0 aliphatic rings. The molecule has 3 rings (SSSR count). The van der Waals surface area contributed by atoms with Crippen LogP contribution in [0.5, 0.6) is 0 Å². The Balaban J connectivity index is 1.52. The molecular formula is C20H21N3O+2. The zero-order valence-corrected chi connectivity index (χ0v) is 13.6. The molecule has 2 heterocycles. The molecule has 0 bridgehead atoms. The van der Waals surface area contributed by atoms with Gasteiger partial charge < -0.3 is 0 Å². The average molecular weight is 319 g/mol. The minimum absolute atomic E-state index is 0.241. The van der Waals surface area contributed by atoms with Gasteiger partial charge in [0.25, 0.3) is 0 Å². The molecule has 0 amide bonds. The Hall–Kier alpha value is -2.88. The molecule has 24 heavy (non-hydrogen) atoms. The molecule has 4 nitrogen and oxygen atoms in total. The van der Waals surface area contributed by atoms with Crippen molar-refractivity contribution in [2.45, 2.75) is 26.1 Å². The maximum absolute atomic E-state index is 10.2. The summed E-state index contributed by atoms with van der Waals surface area (Å²) >= 11 is 0. The standard InChI is InChI=1S/C20H21N3O/c24-21-17-18-7-13-22(14-8-18)11-4-12-23-15-9-20(10-16-23)19-5-2-1-3-6-19/h1-3,5-10,13-16H,4,11-12,17H2/q+2. The number of aryl methyl sites for hydroxylation is 2. The van der Waals surface area contributed by atoms with Crippen LogP contribution in [0.3, 0.4) is 0 Å². The van der Waals surface area contributed by atoms with Crippen molar-refractivity contribution in [3.05, 3.63) is 89.9 Å². The third-order valence-corrected chi connectivity index (χ3v) is 4.04. The lowest BCUT2D eigenvalue weighted by Crippen LogP contribution is -2.38. The number of hydrogen-bond acceptors (Lipinski definition) is 2. The average Bonchev–Trinajstić information content (AvgIpc) is 2.65. The van der Waals surface area contributed by atoms with Gasteiger partial charge in [-0.1, -0.05) is 35.5 Å². The fourth-order valence-corrected chi connectivity index (χ4v) is 2.68. The van der Waals surface area contributed by atoms with Gasteiger partial charge in [0.2, 0.25) is 0 Å². The van der Waals surface area contributed by atoms with Gasteiger partial charge in [-0.15, -0.1) is 0 Å². The van der Waals surface area contributed by atoms with Crippen LogP contribution in [0.2, 0.25) is 0 Å². The molecule has 0 spiro atoms. The quantitative estimate of drug-likeness (QED) is 0.486. The lowest BCUT2D eigenvalue weighted by atomic mass is 10.1. The second kappa shape index (κ2) is 8.11. The van der Waals surface area contributed by atoms with Crippen molar-refractivity contribution in [2.24, 2.45) is 5.18 Å². The molecule has 120 valence electrons. The van der Waals surface area contributed by atoms with Crippen LogP contribution in [0.25, 0.3) is 11.1 Å². The number of rotatable bonds is 7. The van der Waals surface area contributed by atoms with Gasteiger partial charge in [-0.3, -0.25) is 0 Å². The number of benzene rings is 1. The number of nitroso groups, excluding NO2 is 1. The Morgan fingerprint density at radius 2 is 1.25 bits per heavy atom. The van der Waals surface area contributed by atoms with E-state index in [1.165, 1.54) is 11.1 Å². The first-order valence-electron chi connectivity index (χ1n) is 8.17. The van der Waals surface area contributed by atoms with Crippen LogP contribution in [0.1, 0.15) is 12.0 Å². The largest absolute Gasteiger partial charge is 0.205 e. The topological polar surface area (TPSA) is 37.2 Å². The van der Waals surface area contributed by atoms with E-state index in [-0.39, 0.29) is 6.54 Å². The third-order valence-electron chi connectivity index (χ3n) is 4.04. The second-order valence-corrected chi connectivity index (χ2v) is 5.78. The molecule has 0 aliphatic carbocycles. The number of nitrogens with zero attached hydrogens (tertiary/aromatic N) is 3. The lowest BCUT2D eigenvalue weighted by Gasteiger charge is -2.01. The first kappa shape index (κ1) is 16.0. The van der Waals surface area contributed by atoms with Gasteiger partial charge in [0.1, 0.15) is 6.54 Å². The Labute approximate surface area is 142 Å². The normalized spacial score (nSPS) is 10.5. The number of hydrogen-bond donors (Lipinski definition) is 0. The first-order chi connectivity index (χ1) is 11.8. The van der Waals surface area contributed by atoms with Crippen molar-refractivity contribution in [3.63, 3.8) is 0 Å². The predicted octanol–water partition coefficient (Wildman–Crippen LogP) is 3.29. The zero-order valence-electron chi connectivity index (χ0n) is 13.6. The van der Waals surface area contributed by atoms with E-state index in [4.69, 9.17) is 0 Å². The van der Waals surface area contributed by atoms with E-state index in [9.17, 15) is 4.91 Å². The summed E-state index contributed by atoms with van der Waals surface area (Å²) < 4.78 is 4.34. The SMILES string of the molecule is O=NCc1cc[n+](CCC[n+]2ccc(-c3ccccc3)cc2)cc1. The molecule has 0 saturated carbocycles. The van der Waals surface area contributed by atoms with Crippen LogP contribution in [0.4, 0.5) is 0 Å². The van der Waals surface area contributed by atoms with Crippen molar-refractivity contribution in [1.29, 1.82) is 0 Å². The van der Waals surface area contributed by atoms with Crippen LogP contribution in [0, 0.1) is 4.91 Å². The molecule has 2 aromatic heterocycles. The van der Waals surface area contributed by atoms with E-state index in [1.54, 1.807) is 0 Å². The predicted molar refractivity (Wildman–Crippen MR) is 92.8 cm³/mol. The summed E-state index contributed by atoms with van der Waals surface area (Å²) in [5, 5.41) is 2.90. The van der Waals surface area contributed by atoms with Crippen LogP contribution < -0.4 is 9.13 Å². The van der Waals surface area contributed by atoms with Gasteiger partial charge in [0, 0.05) is 24.3 Å². The summed E-state index contributed by atoms with van der Waals surface area (Å²) in [7, 11) is 0. The van der Waals surface area contributed by atoms with Gasteiger partial charge in [-0.25, -0.2) is 9.13 Å². The van der Waals surface area contributed by atoms with Crippen LogP contribution >= 0.6 is 0 Å². The first-order valence-corrected chi connectivity index (χ1v) is 8.17. The third kappa shape index (κ3) is 4.32. The summed E-state index contributed by atoms with van der Waals surface area (Å²) in [4.78, 5) is 10.2. The Bertz CT molecular complexity index is 768. The highest BCUT2D eigenvalue weighted by Gasteiger charge is 2.06. The minimum Gasteiger partial charge on any atom is -0.205 e. The van der Waals surface area contributed by atoms with Gasteiger partial charge in [0.15, 0.2) is 37.9 Å². The van der Waals surface area contributed by atoms with E-state index >= 15 is 0 Å². The molecule has 0 radical (unpaired) electrons. The molecule has 0 N–H and O–H groups in total. The molecule has 0 fully saturated rings. The summed E-state index contributed by atoms with van der Waals surface area (Å²) in [6.45, 7) is 2.16. The van der Waals surface area contributed by atoms with Crippen LogP contribution in [0.15, 0.2) is 84.6 Å². The van der Waals surface area contributed by atoms with E-state index in [1.807, 2.05) is 30.6 Å². The number of pyridine rings is 2. The van der Waals surface area contributed by atoms with E-state index in [2.05, 4.69) is 63.1 Å². The summed E-state index contributed by atoms with van der Waals surface area (Å²) in [5.41, 5.74) is 3.43. The van der Waals surface area contributed by atoms with Crippen LogP contribution in [-0.2, 0) is 19.6 Å². The smallest absolute Gasteiger partial charge is 0.169 e. The Kier molecular flexibility index (Phi) is 5.40. The highest BCUT2D eigenvalue weighted by molar-refractivity contribution is 5.61.